The summed E-state index contributed by atoms with van der Waals surface area (Å²) in [5.41, 5.74) is 2.70. The maximum absolute atomic E-state index is 13.4. The van der Waals surface area contributed by atoms with Crippen LogP contribution in [-0.2, 0) is 29.0 Å². The number of likely N-dealkylation sites (N-methyl/N-ethyl adjacent to an activating group) is 1. The summed E-state index contributed by atoms with van der Waals surface area (Å²) in [6, 6.07) is 26.0. The number of halogens is 1. The van der Waals surface area contributed by atoms with Gasteiger partial charge in [-0.3, -0.25) is 9.59 Å². The van der Waals surface area contributed by atoms with Gasteiger partial charge in [0, 0.05) is 25.0 Å². The SMILES string of the molecule is CNC(=O)C(Cc1ccccc1)N(Cc1ccccc1Cl)C(=O)Cc1ccccc1. The van der Waals surface area contributed by atoms with Crippen LogP contribution in [0, 0.1) is 0 Å². The van der Waals surface area contributed by atoms with Gasteiger partial charge in [-0.15, -0.1) is 0 Å². The van der Waals surface area contributed by atoms with E-state index in [0.29, 0.717) is 11.4 Å². The zero-order chi connectivity index (χ0) is 21.3. The van der Waals surface area contributed by atoms with Gasteiger partial charge in [0.05, 0.1) is 6.42 Å². The number of amides is 2. The molecule has 5 heteroatoms. The Morgan fingerprint density at radius 2 is 1.43 bits per heavy atom. The van der Waals surface area contributed by atoms with E-state index in [1.165, 1.54) is 0 Å². The van der Waals surface area contributed by atoms with E-state index in [1.807, 2.05) is 78.9 Å². The number of nitrogens with one attached hydrogen (secondary N) is 1. The molecule has 30 heavy (non-hydrogen) atoms. The topological polar surface area (TPSA) is 49.4 Å². The molecule has 154 valence electrons. The average Bonchev–Trinajstić information content (AvgIpc) is 2.78. The predicted octanol–water partition coefficient (Wildman–Crippen LogP) is 4.27. The molecule has 3 rings (SSSR count). The molecule has 0 saturated heterocycles. The molecule has 0 spiro atoms. The minimum absolute atomic E-state index is 0.120. The fourth-order valence-electron chi connectivity index (χ4n) is 3.40. The van der Waals surface area contributed by atoms with Crippen molar-refractivity contribution >= 4 is 23.4 Å². The maximum Gasteiger partial charge on any atom is 0.242 e. The monoisotopic (exact) mass is 420 g/mol. The number of carbonyl (C=O) groups excluding carboxylic acids is 2. The van der Waals surface area contributed by atoms with E-state index in [9.17, 15) is 9.59 Å². The highest BCUT2D eigenvalue weighted by atomic mass is 35.5. The molecule has 0 saturated carbocycles. The maximum atomic E-state index is 13.4. The van der Waals surface area contributed by atoms with Crippen molar-refractivity contribution in [2.75, 3.05) is 7.05 Å². The Bertz CT molecular complexity index is 977. The lowest BCUT2D eigenvalue weighted by Gasteiger charge is -2.31. The molecule has 3 aromatic rings. The number of benzene rings is 3. The fraction of sp³-hybridized carbons (Fsp3) is 0.200. The van der Waals surface area contributed by atoms with Crippen LogP contribution in [0.2, 0.25) is 5.02 Å². The van der Waals surface area contributed by atoms with E-state index in [4.69, 9.17) is 11.6 Å². The van der Waals surface area contributed by atoms with Crippen LogP contribution in [0.4, 0.5) is 0 Å². The Labute approximate surface area is 182 Å². The molecule has 0 aliphatic rings. The predicted molar refractivity (Wildman–Crippen MR) is 120 cm³/mol. The molecule has 0 aliphatic heterocycles. The Balaban J connectivity index is 1.94. The molecular weight excluding hydrogens is 396 g/mol. The summed E-state index contributed by atoms with van der Waals surface area (Å²) in [6.07, 6.45) is 0.638. The summed E-state index contributed by atoms with van der Waals surface area (Å²) in [5.74, 6) is -0.321. The summed E-state index contributed by atoms with van der Waals surface area (Å²) < 4.78 is 0. The van der Waals surface area contributed by atoms with Crippen molar-refractivity contribution in [2.45, 2.75) is 25.4 Å². The van der Waals surface area contributed by atoms with Gasteiger partial charge in [-0.05, 0) is 22.8 Å². The van der Waals surface area contributed by atoms with E-state index in [-0.39, 0.29) is 24.8 Å². The Morgan fingerprint density at radius 1 is 0.867 bits per heavy atom. The van der Waals surface area contributed by atoms with Crippen molar-refractivity contribution in [1.82, 2.24) is 10.2 Å². The van der Waals surface area contributed by atoms with Crippen LogP contribution in [0.25, 0.3) is 0 Å². The molecular formula is C25H25ClN2O2. The van der Waals surface area contributed by atoms with Gasteiger partial charge in [0.1, 0.15) is 6.04 Å². The number of hydrogen-bond donors (Lipinski definition) is 1. The summed E-state index contributed by atoms with van der Waals surface area (Å²) in [4.78, 5) is 27.9. The molecule has 0 aliphatic carbocycles. The van der Waals surface area contributed by atoms with Gasteiger partial charge in [-0.1, -0.05) is 90.5 Å². The zero-order valence-electron chi connectivity index (χ0n) is 16.9. The van der Waals surface area contributed by atoms with E-state index < -0.39 is 6.04 Å². The lowest BCUT2D eigenvalue weighted by molar-refractivity contribution is -0.140. The van der Waals surface area contributed by atoms with Crippen molar-refractivity contribution in [2.24, 2.45) is 0 Å². The molecule has 3 aromatic carbocycles. The first-order valence-corrected chi connectivity index (χ1v) is 10.3. The van der Waals surface area contributed by atoms with E-state index in [1.54, 1.807) is 18.0 Å². The number of hydrogen-bond acceptors (Lipinski definition) is 2. The van der Waals surface area contributed by atoms with Gasteiger partial charge in [-0.2, -0.15) is 0 Å². The van der Waals surface area contributed by atoms with Gasteiger partial charge in [-0.25, -0.2) is 0 Å². The number of nitrogens with zero attached hydrogens (tertiary/aromatic N) is 1. The molecule has 0 fully saturated rings. The van der Waals surface area contributed by atoms with Crippen molar-refractivity contribution < 1.29 is 9.59 Å². The van der Waals surface area contributed by atoms with Gasteiger partial charge >= 0.3 is 0 Å². The molecule has 1 atom stereocenters. The van der Waals surface area contributed by atoms with Gasteiger partial charge in [0.2, 0.25) is 11.8 Å². The van der Waals surface area contributed by atoms with Gasteiger partial charge < -0.3 is 10.2 Å². The molecule has 0 bridgehead atoms. The molecule has 2 amide bonds. The quantitative estimate of drug-likeness (QED) is 0.591. The Kier molecular flexibility index (Phi) is 7.63. The van der Waals surface area contributed by atoms with E-state index in [0.717, 1.165) is 16.7 Å². The number of carbonyl (C=O) groups is 2. The normalized spacial score (nSPS) is 11.5. The third-order valence-corrected chi connectivity index (χ3v) is 5.38. The van der Waals surface area contributed by atoms with E-state index in [2.05, 4.69) is 5.32 Å². The summed E-state index contributed by atoms with van der Waals surface area (Å²) in [6.45, 7) is 0.260. The molecule has 1 N–H and O–H groups in total. The second kappa shape index (κ2) is 10.6. The number of rotatable bonds is 8. The highest BCUT2D eigenvalue weighted by Crippen LogP contribution is 2.21. The Hall–Kier alpha value is -3.11. The largest absolute Gasteiger partial charge is 0.357 e. The highest BCUT2D eigenvalue weighted by molar-refractivity contribution is 6.31. The minimum Gasteiger partial charge on any atom is -0.357 e. The lowest BCUT2D eigenvalue weighted by Crippen LogP contribution is -2.50. The third kappa shape index (κ3) is 5.71. The molecule has 1 unspecified atom stereocenters. The van der Waals surface area contributed by atoms with E-state index >= 15 is 0 Å². The van der Waals surface area contributed by atoms with Gasteiger partial charge in [0.15, 0.2) is 0 Å². The second-order valence-corrected chi connectivity index (χ2v) is 7.50. The molecule has 0 aromatic heterocycles. The first-order valence-electron chi connectivity index (χ1n) is 9.91. The summed E-state index contributed by atoms with van der Waals surface area (Å²) in [5, 5.41) is 3.29. The van der Waals surface area contributed by atoms with Crippen molar-refractivity contribution in [3.63, 3.8) is 0 Å². The van der Waals surface area contributed by atoms with Crippen molar-refractivity contribution in [3.8, 4) is 0 Å². The summed E-state index contributed by atoms with van der Waals surface area (Å²) >= 11 is 6.37. The lowest BCUT2D eigenvalue weighted by atomic mass is 10.0. The molecule has 4 nitrogen and oxygen atoms in total. The van der Waals surface area contributed by atoms with Crippen LogP contribution in [0.5, 0.6) is 0 Å². The smallest absolute Gasteiger partial charge is 0.242 e. The zero-order valence-corrected chi connectivity index (χ0v) is 17.7. The van der Waals surface area contributed by atoms with Gasteiger partial charge in [0.25, 0.3) is 0 Å². The minimum atomic E-state index is -0.648. The van der Waals surface area contributed by atoms with Crippen LogP contribution in [0.3, 0.4) is 0 Å². The molecule has 0 radical (unpaired) electrons. The highest BCUT2D eigenvalue weighted by Gasteiger charge is 2.30. The first kappa shape index (κ1) is 21.6. The average molecular weight is 421 g/mol. The van der Waals surface area contributed by atoms with Crippen LogP contribution >= 0.6 is 11.6 Å². The van der Waals surface area contributed by atoms with Crippen LogP contribution in [0.1, 0.15) is 16.7 Å². The second-order valence-electron chi connectivity index (χ2n) is 7.10. The Morgan fingerprint density at radius 3 is 2.03 bits per heavy atom. The fourth-order valence-corrected chi connectivity index (χ4v) is 3.60. The molecule has 0 heterocycles. The third-order valence-electron chi connectivity index (χ3n) is 5.01. The standard InChI is InChI=1S/C25H25ClN2O2/c1-27-25(30)23(16-19-10-4-2-5-11-19)28(18-21-14-8-9-15-22(21)26)24(29)17-20-12-6-3-7-13-20/h2-15,23H,16-18H2,1H3,(H,27,30). The van der Waals surface area contributed by atoms with Crippen molar-refractivity contribution in [3.05, 3.63) is 107 Å². The van der Waals surface area contributed by atoms with Crippen LogP contribution < -0.4 is 5.32 Å². The van der Waals surface area contributed by atoms with Crippen LogP contribution in [0.15, 0.2) is 84.9 Å². The first-order chi connectivity index (χ1) is 14.6. The van der Waals surface area contributed by atoms with Crippen LogP contribution in [-0.4, -0.2) is 29.8 Å². The summed E-state index contributed by atoms with van der Waals surface area (Å²) in [7, 11) is 1.59. The van der Waals surface area contributed by atoms with Crippen molar-refractivity contribution in [1.29, 1.82) is 0 Å².